The number of benzene rings is 1. The molecule has 134 valence electrons. The maximum Gasteiger partial charge on any atom is 0.315 e. The molecule has 0 saturated heterocycles. The maximum atomic E-state index is 12.3. The van der Waals surface area contributed by atoms with Crippen molar-refractivity contribution in [3.05, 3.63) is 29.8 Å². The van der Waals surface area contributed by atoms with E-state index in [0.717, 1.165) is 18.4 Å². The van der Waals surface area contributed by atoms with Gasteiger partial charge in [0.1, 0.15) is 5.75 Å². The molecule has 1 aliphatic rings. The van der Waals surface area contributed by atoms with E-state index in [1.165, 1.54) is 19.3 Å². The predicted molar refractivity (Wildman–Crippen MR) is 95.0 cm³/mol. The first-order valence-corrected chi connectivity index (χ1v) is 9.04. The molecule has 0 aliphatic heterocycles. The summed E-state index contributed by atoms with van der Waals surface area (Å²) >= 11 is 0. The lowest BCUT2D eigenvalue weighted by Gasteiger charge is -2.31. The smallest absolute Gasteiger partial charge is 0.315 e. The van der Waals surface area contributed by atoms with E-state index in [2.05, 4.69) is 10.6 Å². The van der Waals surface area contributed by atoms with Crippen LogP contribution in [0.1, 0.15) is 51.0 Å². The zero-order valence-electron chi connectivity index (χ0n) is 14.5. The number of hydrogen-bond donors (Lipinski definition) is 4. The molecule has 5 heteroatoms. The van der Waals surface area contributed by atoms with E-state index in [0.29, 0.717) is 18.8 Å². The number of urea groups is 1. The molecule has 0 spiro atoms. The predicted octanol–water partition coefficient (Wildman–Crippen LogP) is 2.95. The highest BCUT2D eigenvalue weighted by atomic mass is 16.3. The van der Waals surface area contributed by atoms with Crippen LogP contribution in [0.15, 0.2) is 24.3 Å². The van der Waals surface area contributed by atoms with Crippen molar-refractivity contribution < 1.29 is 15.0 Å². The molecule has 1 aromatic rings. The molecule has 4 N–H and O–H groups in total. The van der Waals surface area contributed by atoms with Crippen molar-refractivity contribution in [2.75, 3.05) is 6.61 Å². The van der Waals surface area contributed by atoms with Crippen LogP contribution in [0.2, 0.25) is 0 Å². The normalized spacial score (nSPS) is 17.9. The Morgan fingerprint density at radius 2 is 1.83 bits per heavy atom. The number of amides is 2. The number of phenols is 1. The number of aliphatic hydroxyl groups is 1. The molecular weight excluding hydrogens is 304 g/mol. The van der Waals surface area contributed by atoms with E-state index in [4.69, 9.17) is 0 Å². The Labute approximate surface area is 144 Å². The fraction of sp³-hybridized carbons (Fsp3) is 0.632. The van der Waals surface area contributed by atoms with Crippen LogP contribution < -0.4 is 10.6 Å². The minimum atomic E-state index is -0.162. The fourth-order valence-electron chi connectivity index (χ4n) is 3.57. The molecule has 1 aromatic carbocycles. The third-order valence-electron chi connectivity index (χ3n) is 4.83. The van der Waals surface area contributed by atoms with Gasteiger partial charge in [0.15, 0.2) is 0 Å². The van der Waals surface area contributed by atoms with Crippen LogP contribution in [0.25, 0.3) is 0 Å². The minimum absolute atomic E-state index is 0.00400. The number of hydrogen-bond acceptors (Lipinski definition) is 3. The molecule has 0 aromatic heterocycles. The second-order valence-electron chi connectivity index (χ2n) is 6.91. The Hall–Kier alpha value is -1.75. The van der Waals surface area contributed by atoms with E-state index in [1.54, 1.807) is 12.1 Å². The molecule has 1 fully saturated rings. The number of aromatic hydroxyl groups is 1. The Balaban J connectivity index is 1.81. The molecule has 24 heavy (non-hydrogen) atoms. The van der Waals surface area contributed by atoms with Crippen LogP contribution in [0.4, 0.5) is 4.79 Å². The number of aliphatic hydroxyl groups excluding tert-OH is 1. The van der Waals surface area contributed by atoms with Crippen LogP contribution in [0.5, 0.6) is 5.75 Å². The third-order valence-corrected chi connectivity index (χ3v) is 4.83. The number of carbonyl (C=O) groups excluding carboxylic acids is 1. The second-order valence-corrected chi connectivity index (χ2v) is 6.91. The second kappa shape index (κ2) is 9.52. The number of phenolic OH excluding ortho intramolecular Hbond substituents is 1. The first-order chi connectivity index (χ1) is 11.6. The van der Waals surface area contributed by atoms with Crippen molar-refractivity contribution in [2.24, 2.45) is 5.92 Å². The highest BCUT2D eigenvalue weighted by molar-refractivity contribution is 5.74. The van der Waals surface area contributed by atoms with Crippen molar-refractivity contribution in [3.8, 4) is 5.75 Å². The van der Waals surface area contributed by atoms with E-state index >= 15 is 0 Å². The van der Waals surface area contributed by atoms with Crippen molar-refractivity contribution >= 4 is 6.03 Å². The standard InChI is InChI=1S/C19H30N2O3/c1-14(13-15-7-9-17(23)10-8-15)20-19(24)21-18(11-12-22)16-5-3-2-4-6-16/h7-10,14,16,18,22-23H,2-6,11-13H2,1H3,(H2,20,21,24). The highest BCUT2D eigenvalue weighted by Crippen LogP contribution is 2.27. The van der Waals surface area contributed by atoms with Gasteiger partial charge in [-0.25, -0.2) is 4.79 Å². The number of rotatable bonds is 7. The summed E-state index contributed by atoms with van der Waals surface area (Å²) in [5, 5.41) is 24.6. The summed E-state index contributed by atoms with van der Waals surface area (Å²) in [5.41, 5.74) is 1.07. The number of carbonyl (C=O) groups is 1. The first kappa shape index (κ1) is 18.6. The van der Waals surface area contributed by atoms with E-state index in [1.807, 2.05) is 19.1 Å². The Kier molecular flexibility index (Phi) is 7.37. The third kappa shape index (κ3) is 6.04. The van der Waals surface area contributed by atoms with E-state index < -0.39 is 0 Å². The summed E-state index contributed by atoms with van der Waals surface area (Å²) in [7, 11) is 0. The molecule has 1 aliphatic carbocycles. The Bertz CT molecular complexity index is 498. The lowest BCUT2D eigenvalue weighted by Crippen LogP contribution is -2.49. The van der Waals surface area contributed by atoms with Gasteiger partial charge in [-0.2, -0.15) is 0 Å². The molecule has 2 amide bonds. The molecule has 0 radical (unpaired) electrons. The lowest BCUT2D eigenvalue weighted by molar-refractivity contribution is 0.195. The zero-order valence-corrected chi connectivity index (χ0v) is 14.5. The van der Waals surface area contributed by atoms with Gasteiger partial charge in [-0.1, -0.05) is 31.4 Å². The molecule has 2 rings (SSSR count). The lowest BCUT2D eigenvalue weighted by atomic mass is 9.83. The molecule has 1 saturated carbocycles. The summed E-state index contributed by atoms with van der Waals surface area (Å²) < 4.78 is 0. The molecule has 5 nitrogen and oxygen atoms in total. The summed E-state index contributed by atoms with van der Waals surface area (Å²) in [6.07, 6.45) is 7.30. The minimum Gasteiger partial charge on any atom is -0.508 e. The van der Waals surface area contributed by atoms with Gasteiger partial charge in [-0.05, 0) is 56.2 Å². The van der Waals surface area contributed by atoms with Crippen LogP contribution in [-0.2, 0) is 6.42 Å². The summed E-state index contributed by atoms with van der Waals surface area (Å²) in [6, 6.07) is 6.92. The van der Waals surface area contributed by atoms with Crippen LogP contribution in [-0.4, -0.2) is 34.9 Å². The van der Waals surface area contributed by atoms with Gasteiger partial charge in [0.05, 0.1) is 0 Å². The highest BCUT2D eigenvalue weighted by Gasteiger charge is 2.25. The molecule has 0 heterocycles. The van der Waals surface area contributed by atoms with Crippen LogP contribution >= 0.6 is 0 Å². The zero-order chi connectivity index (χ0) is 17.4. The largest absolute Gasteiger partial charge is 0.508 e. The molecule has 2 atom stereocenters. The average molecular weight is 334 g/mol. The topological polar surface area (TPSA) is 81.6 Å². The van der Waals surface area contributed by atoms with Gasteiger partial charge in [-0.15, -0.1) is 0 Å². The summed E-state index contributed by atoms with van der Waals surface area (Å²) in [6.45, 7) is 2.07. The van der Waals surface area contributed by atoms with Crippen molar-refractivity contribution in [1.29, 1.82) is 0 Å². The van der Waals surface area contributed by atoms with Gasteiger partial charge in [0.25, 0.3) is 0 Å². The van der Waals surface area contributed by atoms with Crippen molar-refractivity contribution in [2.45, 2.75) is 64.0 Å². The van der Waals surface area contributed by atoms with Crippen LogP contribution in [0.3, 0.4) is 0 Å². The van der Waals surface area contributed by atoms with E-state index in [9.17, 15) is 15.0 Å². The van der Waals surface area contributed by atoms with Gasteiger partial charge >= 0.3 is 6.03 Å². The van der Waals surface area contributed by atoms with Crippen molar-refractivity contribution in [3.63, 3.8) is 0 Å². The first-order valence-electron chi connectivity index (χ1n) is 9.04. The maximum absolute atomic E-state index is 12.3. The number of nitrogens with one attached hydrogen (secondary N) is 2. The molecule has 0 bridgehead atoms. The quantitative estimate of drug-likeness (QED) is 0.619. The monoisotopic (exact) mass is 334 g/mol. The van der Waals surface area contributed by atoms with Crippen LogP contribution in [0, 0.1) is 5.92 Å². The van der Waals surface area contributed by atoms with E-state index in [-0.39, 0.29) is 30.5 Å². The molecule has 2 unspecified atom stereocenters. The molecular formula is C19H30N2O3. The SMILES string of the molecule is CC(Cc1ccc(O)cc1)NC(=O)NC(CCO)C1CCCCC1. The summed E-state index contributed by atoms with van der Waals surface area (Å²) in [5.74, 6) is 0.723. The summed E-state index contributed by atoms with van der Waals surface area (Å²) in [4.78, 5) is 12.3. The van der Waals surface area contributed by atoms with Crippen molar-refractivity contribution in [1.82, 2.24) is 10.6 Å². The van der Waals surface area contributed by atoms with Gasteiger partial charge in [0, 0.05) is 18.7 Å². The van der Waals surface area contributed by atoms with Gasteiger partial charge in [-0.3, -0.25) is 0 Å². The van der Waals surface area contributed by atoms with Gasteiger partial charge in [0.2, 0.25) is 0 Å². The Morgan fingerprint density at radius 1 is 1.17 bits per heavy atom. The van der Waals surface area contributed by atoms with Gasteiger partial charge < -0.3 is 20.8 Å². The Morgan fingerprint density at radius 3 is 2.46 bits per heavy atom. The fourth-order valence-corrected chi connectivity index (χ4v) is 3.57. The average Bonchev–Trinajstić information content (AvgIpc) is 2.57.